The fraction of sp³-hybridized carbons (Fsp3) is 0.444. The molecule has 0 spiro atoms. The first-order valence-electron chi connectivity index (χ1n) is 7.99. The van der Waals surface area contributed by atoms with Crippen molar-refractivity contribution in [3.63, 3.8) is 0 Å². The van der Waals surface area contributed by atoms with Crippen LogP contribution in [0.4, 0.5) is 0 Å². The van der Waals surface area contributed by atoms with E-state index in [1.54, 1.807) is 7.11 Å². The molecule has 0 unspecified atom stereocenters. The molecule has 0 N–H and O–H groups in total. The molecule has 2 heterocycles. The molecule has 0 saturated carbocycles. The number of carbonyl (C=O) groups is 1. The van der Waals surface area contributed by atoms with Crippen molar-refractivity contribution in [2.75, 3.05) is 13.7 Å². The highest BCUT2D eigenvalue weighted by Gasteiger charge is 2.27. The van der Waals surface area contributed by atoms with E-state index in [1.807, 2.05) is 29.2 Å². The van der Waals surface area contributed by atoms with Crippen molar-refractivity contribution in [2.45, 2.75) is 32.7 Å². The third-order valence-electron chi connectivity index (χ3n) is 4.43. The Kier molecular flexibility index (Phi) is 4.11. The van der Waals surface area contributed by atoms with E-state index in [2.05, 4.69) is 25.5 Å². The van der Waals surface area contributed by atoms with Gasteiger partial charge in [0.05, 0.1) is 24.9 Å². The second-order valence-corrected chi connectivity index (χ2v) is 6.25. The van der Waals surface area contributed by atoms with Crippen molar-refractivity contribution in [2.24, 2.45) is 7.05 Å². The van der Waals surface area contributed by atoms with E-state index in [0.29, 0.717) is 30.3 Å². The van der Waals surface area contributed by atoms with Gasteiger partial charge in [0, 0.05) is 31.6 Å². The highest BCUT2D eigenvalue weighted by molar-refractivity contribution is 5.97. The van der Waals surface area contributed by atoms with Gasteiger partial charge in [0.2, 0.25) is 0 Å². The summed E-state index contributed by atoms with van der Waals surface area (Å²) in [6.45, 7) is 5.56. The number of rotatable bonds is 3. The molecule has 3 rings (SSSR count). The van der Waals surface area contributed by atoms with Crippen LogP contribution in [-0.4, -0.2) is 34.0 Å². The first-order chi connectivity index (χ1) is 11.0. The minimum Gasteiger partial charge on any atom is -0.496 e. The second kappa shape index (κ2) is 6.07. The summed E-state index contributed by atoms with van der Waals surface area (Å²) < 4.78 is 7.50. The number of nitrogens with zero attached hydrogens (tertiary/aromatic N) is 3. The van der Waals surface area contributed by atoms with E-state index in [-0.39, 0.29) is 5.91 Å². The quantitative estimate of drug-likeness (QED) is 0.875. The molecule has 0 fully saturated rings. The van der Waals surface area contributed by atoms with Gasteiger partial charge in [0.15, 0.2) is 0 Å². The molecule has 1 aliphatic rings. The zero-order valence-electron chi connectivity index (χ0n) is 14.2. The van der Waals surface area contributed by atoms with Crippen molar-refractivity contribution in [1.29, 1.82) is 0 Å². The average molecular weight is 313 g/mol. The highest BCUT2D eigenvalue weighted by Crippen LogP contribution is 2.26. The van der Waals surface area contributed by atoms with Crippen LogP contribution in [0.5, 0.6) is 5.75 Å². The zero-order chi connectivity index (χ0) is 16.6. The van der Waals surface area contributed by atoms with E-state index in [4.69, 9.17) is 9.72 Å². The lowest BCUT2D eigenvalue weighted by atomic mass is 10.1. The van der Waals surface area contributed by atoms with Gasteiger partial charge in [-0.3, -0.25) is 4.79 Å². The lowest BCUT2D eigenvalue weighted by Gasteiger charge is -2.27. The van der Waals surface area contributed by atoms with Gasteiger partial charge in [-0.15, -0.1) is 0 Å². The predicted molar refractivity (Wildman–Crippen MR) is 88.7 cm³/mol. The maximum absolute atomic E-state index is 12.8. The number of aromatic nitrogens is 2. The number of fused-ring (bicyclic) bond motifs is 1. The molecule has 1 aliphatic heterocycles. The van der Waals surface area contributed by atoms with Crippen LogP contribution < -0.4 is 4.74 Å². The number of imidazole rings is 1. The van der Waals surface area contributed by atoms with Crippen LogP contribution in [0.3, 0.4) is 0 Å². The van der Waals surface area contributed by atoms with Crippen LogP contribution in [-0.2, 0) is 20.0 Å². The maximum Gasteiger partial charge on any atom is 0.257 e. The largest absolute Gasteiger partial charge is 0.496 e. The molecule has 1 aromatic carbocycles. The fourth-order valence-electron chi connectivity index (χ4n) is 3.23. The summed E-state index contributed by atoms with van der Waals surface area (Å²) >= 11 is 0. The Hall–Kier alpha value is -2.30. The van der Waals surface area contributed by atoms with Gasteiger partial charge in [-0.25, -0.2) is 4.98 Å². The number of hydrogen-bond acceptors (Lipinski definition) is 3. The van der Waals surface area contributed by atoms with Gasteiger partial charge < -0.3 is 14.2 Å². The summed E-state index contributed by atoms with van der Waals surface area (Å²) in [5, 5.41) is 0. The third kappa shape index (κ3) is 2.71. The fourth-order valence-corrected chi connectivity index (χ4v) is 3.23. The molecule has 0 aliphatic carbocycles. The Morgan fingerprint density at radius 2 is 2.04 bits per heavy atom. The van der Waals surface area contributed by atoms with Crippen LogP contribution in [0.25, 0.3) is 0 Å². The summed E-state index contributed by atoms with van der Waals surface area (Å²) in [6, 6.07) is 7.37. The monoisotopic (exact) mass is 313 g/mol. The average Bonchev–Trinajstić information content (AvgIpc) is 2.90. The molecule has 1 aromatic heterocycles. The Labute approximate surface area is 136 Å². The van der Waals surface area contributed by atoms with Gasteiger partial charge in [0.1, 0.15) is 11.6 Å². The molecular formula is C18H23N3O2. The Bertz CT molecular complexity index is 734. The Morgan fingerprint density at radius 1 is 1.30 bits per heavy atom. The van der Waals surface area contributed by atoms with Crippen molar-refractivity contribution in [1.82, 2.24) is 14.5 Å². The molecule has 5 nitrogen and oxygen atoms in total. The predicted octanol–water partition coefficient (Wildman–Crippen LogP) is 2.75. The van der Waals surface area contributed by atoms with Crippen molar-refractivity contribution in [3.8, 4) is 5.75 Å². The van der Waals surface area contributed by atoms with E-state index >= 15 is 0 Å². The minimum atomic E-state index is 0.00449. The minimum absolute atomic E-state index is 0.00449. The lowest BCUT2D eigenvalue weighted by molar-refractivity contribution is 0.0727. The maximum atomic E-state index is 12.8. The van der Waals surface area contributed by atoms with E-state index in [1.165, 1.54) is 5.69 Å². The van der Waals surface area contributed by atoms with Crippen molar-refractivity contribution >= 4 is 5.91 Å². The first kappa shape index (κ1) is 15.6. The topological polar surface area (TPSA) is 47.4 Å². The summed E-state index contributed by atoms with van der Waals surface area (Å²) in [5.41, 5.74) is 2.88. The van der Waals surface area contributed by atoms with Gasteiger partial charge in [-0.1, -0.05) is 26.0 Å². The van der Waals surface area contributed by atoms with E-state index in [0.717, 1.165) is 17.9 Å². The number of hydrogen-bond donors (Lipinski definition) is 0. The molecule has 23 heavy (non-hydrogen) atoms. The van der Waals surface area contributed by atoms with Gasteiger partial charge >= 0.3 is 0 Å². The Morgan fingerprint density at radius 3 is 2.74 bits per heavy atom. The number of carbonyl (C=O) groups excluding carboxylic acids is 1. The summed E-state index contributed by atoms with van der Waals surface area (Å²) in [5.74, 6) is 2.09. The van der Waals surface area contributed by atoms with E-state index in [9.17, 15) is 4.79 Å². The standard InChI is InChI=1S/C18H23N3O2/c1-12(2)17-19-14-11-21(10-9-15(14)20(17)3)18(22)13-7-5-6-8-16(13)23-4/h5-8,12H,9-11H2,1-4H3. The third-order valence-corrected chi connectivity index (χ3v) is 4.43. The summed E-state index contributed by atoms with van der Waals surface area (Å²) in [4.78, 5) is 19.4. The zero-order valence-corrected chi connectivity index (χ0v) is 14.2. The van der Waals surface area contributed by atoms with Crippen molar-refractivity contribution in [3.05, 3.63) is 47.0 Å². The van der Waals surface area contributed by atoms with Crippen LogP contribution >= 0.6 is 0 Å². The molecule has 0 atom stereocenters. The first-order valence-corrected chi connectivity index (χ1v) is 7.99. The molecule has 0 saturated heterocycles. The second-order valence-electron chi connectivity index (χ2n) is 6.25. The molecule has 0 radical (unpaired) electrons. The molecule has 2 aromatic rings. The van der Waals surface area contributed by atoms with Crippen LogP contribution in [0.2, 0.25) is 0 Å². The molecule has 5 heteroatoms. The molecule has 0 bridgehead atoms. The summed E-state index contributed by atoms with van der Waals surface area (Å²) in [6.07, 6.45) is 0.840. The number of ether oxygens (including phenoxy) is 1. The van der Waals surface area contributed by atoms with Crippen molar-refractivity contribution < 1.29 is 9.53 Å². The molecule has 1 amide bonds. The SMILES string of the molecule is COc1ccccc1C(=O)N1CCc2c(nc(C(C)C)n2C)C1. The lowest BCUT2D eigenvalue weighted by Crippen LogP contribution is -2.36. The summed E-state index contributed by atoms with van der Waals surface area (Å²) in [7, 11) is 3.66. The van der Waals surface area contributed by atoms with Crippen LogP contribution in [0.15, 0.2) is 24.3 Å². The van der Waals surface area contributed by atoms with Crippen LogP contribution in [0, 0.1) is 0 Å². The van der Waals surface area contributed by atoms with Crippen LogP contribution in [0.1, 0.15) is 47.3 Å². The van der Waals surface area contributed by atoms with Gasteiger partial charge in [-0.2, -0.15) is 0 Å². The number of benzene rings is 1. The van der Waals surface area contributed by atoms with E-state index < -0.39 is 0 Å². The van der Waals surface area contributed by atoms with Gasteiger partial charge in [-0.05, 0) is 12.1 Å². The number of amides is 1. The normalized spacial score (nSPS) is 14.0. The molecule has 122 valence electrons. The number of methoxy groups -OCH3 is 1. The number of para-hydroxylation sites is 1. The smallest absolute Gasteiger partial charge is 0.257 e. The highest BCUT2D eigenvalue weighted by atomic mass is 16.5. The van der Waals surface area contributed by atoms with Gasteiger partial charge in [0.25, 0.3) is 5.91 Å². The Balaban J connectivity index is 1.87. The molecular weight excluding hydrogens is 290 g/mol.